The number of imidazole rings is 1. The molecule has 8 heteroatoms. The number of rotatable bonds is 4. The van der Waals surface area contributed by atoms with Gasteiger partial charge >= 0.3 is 11.7 Å². The summed E-state index contributed by atoms with van der Waals surface area (Å²) in [6, 6.07) is 0. The van der Waals surface area contributed by atoms with Crippen molar-refractivity contribution in [1.29, 1.82) is 0 Å². The highest BCUT2D eigenvalue weighted by molar-refractivity contribution is 5.70. The molecule has 0 saturated carbocycles. The van der Waals surface area contributed by atoms with Gasteiger partial charge in [0.05, 0.1) is 0 Å². The Hall–Kier alpha value is -2.38. The summed E-state index contributed by atoms with van der Waals surface area (Å²) in [4.78, 5) is 41.5. The van der Waals surface area contributed by atoms with Gasteiger partial charge in [0.2, 0.25) is 0 Å². The van der Waals surface area contributed by atoms with E-state index in [1.54, 1.807) is 6.92 Å². The molecule has 2 aromatic heterocycles. The minimum Gasteiger partial charge on any atom is -0.481 e. The molecule has 0 saturated heterocycles. The van der Waals surface area contributed by atoms with E-state index in [9.17, 15) is 14.4 Å². The van der Waals surface area contributed by atoms with Crippen molar-refractivity contribution in [2.75, 3.05) is 0 Å². The second-order valence-electron chi connectivity index (χ2n) is 5.00. The number of nitrogens with zero attached hydrogens (tertiary/aromatic N) is 3. The quantitative estimate of drug-likeness (QED) is 0.792. The number of carboxylic acids is 1. The summed E-state index contributed by atoms with van der Waals surface area (Å²) in [5, 5.41) is 8.73. The first-order valence-electron chi connectivity index (χ1n) is 6.17. The van der Waals surface area contributed by atoms with Crippen LogP contribution >= 0.6 is 0 Å². The molecule has 1 atom stereocenters. The number of fused-ring (bicyclic) bond motifs is 1. The number of aromatic amines is 1. The summed E-state index contributed by atoms with van der Waals surface area (Å²) in [6.45, 7) is 1.79. The van der Waals surface area contributed by atoms with Crippen molar-refractivity contribution in [3.8, 4) is 0 Å². The molecule has 0 amide bonds. The Balaban J connectivity index is 2.47. The van der Waals surface area contributed by atoms with Gasteiger partial charge in [0.25, 0.3) is 5.56 Å². The molecular weight excluding hydrogens is 264 g/mol. The van der Waals surface area contributed by atoms with Crippen LogP contribution in [0.1, 0.15) is 19.2 Å². The smallest absolute Gasteiger partial charge is 0.332 e. The molecule has 20 heavy (non-hydrogen) atoms. The van der Waals surface area contributed by atoms with Crippen molar-refractivity contribution in [2.45, 2.75) is 19.8 Å². The minimum absolute atomic E-state index is 0.0218. The van der Waals surface area contributed by atoms with Crippen molar-refractivity contribution in [2.24, 2.45) is 20.0 Å². The Bertz CT molecular complexity index is 783. The predicted molar refractivity (Wildman–Crippen MR) is 71.7 cm³/mol. The Morgan fingerprint density at radius 1 is 1.35 bits per heavy atom. The first-order chi connectivity index (χ1) is 9.31. The van der Waals surface area contributed by atoms with E-state index < -0.39 is 17.2 Å². The fraction of sp³-hybridized carbons (Fsp3) is 0.500. The summed E-state index contributed by atoms with van der Waals surface area (Å²) >= 11 is 0. The molecule has 2 heterocycles. The molecule has 0 aliphatic heterocycles. The summed E-state index contributed by atoms with van der Waals surface area (Å²) in [5.74, 6) is -0.488. The Labute approximate surface area is 113 Å². The zero-order valence-electron chi connectivity index (χ0n) is 11.5. The van der Waals surface area contributed by atoms with Crippen LogP contribution in [0.3, 0.4) is 0 Å². The minimum atomic E-state index is -0.878. The van der Waals surface area contributed by atoms with E-state index in [1.807, 2.05) is 0 Å². The number of H-pyrrole nitrogens is 1. The molecule has 1 unspecified atom stereocenters. The molecule has 2 N–H and O–H groups in total. The van der Waals surface area contributed by atoms with Gasteiger partial charge in [-0.15, -0.1) is 0 Å². The van der Waals surface area contributed by atoms with E-state index in [2.05, 4.69) is 9.97 Å². The van der Waals surface area contributed by atoms with Crippen molar-refractivity contribution in [3.63, 3.8) is 0 Å². The van der Waals surface area contributed by atoms with Gasteiger partial charge in [0.15, 0.2) is 5.65 Å². The summed E-state index contributed by atoms with van der Waals surface area (Å²) in [6.07, 6.45) is 0.423. The lowest BCUT2D eigenvalue weighted by molar-refractivity contribution is -0.137. The van der Waals surface area contributed by atoms with Crippen molar-refractivity contribution >= 4 is 17.1 Å². The number of aliphatic carboxylic acids is 1. The maximum atomic E-state index is 12.0. The molecule has 0 aliphatic carbocycles. The normalized spacial score (nSPS) is 12.8. The van der Waals surface area contributed by atoms with Gasteiger partial charge in [-0.25, -0.2) is 9.78 Å². The van der Waals surface area contributed by atoms with Gasteiger partial charge in [-0.1, -0.05) is 6.92 Å². The third-order valence-corrected chi connectivity index (χ3v) is 3.21. The molecule has 0 bridgehead atoms. The standard InChI is InChI=1S/C12H16N4O4/c1-6(5-8(17)18)4-7-13-9-10(14-7)15(2)12(20)16(3)11(9)19/h6H,4-5H2,1-3H3,(H,13,14)(H,17,18). The van der Waals surface area contributed by atoms with Gasteiger partial charge in [-0.2, -0.15) is 0 Å². The van der Waals surface area contributed by atoms with Crippen LogP contribution in [-0.2, 0) is 25.3 Å². The predicted octanol–water partition coefficient (Wildman–Crippen LogP) is -0.386. The van der Waals surface area contributed by atoms with E-state index in [4.69, 9.17) is 5.11 Å². The monoisotopic (exact) mass is 280 g/mol. The summed E-state index contributed by atoms with van der Waals surface area (Å²) in [7, 11) is 2.94. The number of aryl methyl sites for hydroxylation is 1. The number of hydrogen-bond acceptors (Lipinski definition) is 4. The number of nitrogens with one attached hydrogen (secondary N) is 1. The van der Waals surface area contributed by atoms with Crippen LogP contribution in [-0.4, -0.2) is 30.2 Å². The number of aromatic nitrogens is 4. The van der Waals surface area contributed by atoms with E-state index in [0.29, 0.717) is 12.2 Å². The highest BCUT2D eigenvalue weighted by atomic mass is 16.4. The Morgan fingerprint density at radius 3 is 2.60 bits per heavy atom. The summed E-state index contributed by atoms with van der Waals surface area (Å²) < 4.78 is 2.30. The maximum absolute atomic E-state index is 12.0. The molecule has 0 radical (unpaired) electrons. The highest BCUT2D eigenvalue weighted by Crippen LogP contribution is 2.11. The average molecular weight is 280 g/mol. The molecule has 108 valence electrons. The van der Waals surface area contributed by atoms with E-state index >= 15 is 0 Å². The fourth-order valence-electron chi connectivity index (χ4n) is 2.17. The van der Waals surface area contributed by atoms with Crippen LogP contribution in [0.5, 0.6) is 0 Å². The average Bonchev–Trinajstić information content (AvgIpc) is 2.76. The lowest BCUT2D eigenvalue weighted by Crippen LogP contribution is -2.36. The van der Waals surface area contributed by atoms with Crippen LogP contribution < -0.4 is 11.2 Å². The zero-order valence-corrected chi connectivity index (χ0v) is 11.5. The second-order valence-corrected chi connectivity index (χ2v) is 5.00. The Morgan fingerprint density at radius 2 is 2.00 bits per heavy atom. The lowest BCUT2D eigenvalue weighted by Gasteiger charge is -2.04. The first-order valence-corrected chi connectivity index (χ1v) is 6.17. The van der Waals surface area contributed by atoms with Crippen molar-refractivity contribution in [3.05, 3.63) is 26.7 Å². The van der Waals surface area contributed by atoms with Crippen molar-refractivity contribution in [1.82, 2.24) is 19.1 Å². The highest BCUT2D eigenvalue weighted by Gasteiger charge is 2.16. The topological polar surface area (TPSA) is 110 Å². The van der Waals surface area contributed by atoms with Crippen LogP contribution in [0.15, 0.2) is 9.59 Å². The second kappa shape index (κ2) is 4.95. The number of hydrogen-bond donors (Lipinski definition) is 2. The molecule has 2 aromatic rings. The molecule has 0 spiro atoms. The largest absolute Gasteiger partial charge is 0.481 e. The molecule has 2 rings (SSSR count). The maximum Gasteiger partial charge on any atom is 0.332 e. The van der Waals surface area contributed by atoms with Gasteiger partial charge in [0.1, 0.15) is 11.3 Å². The molecule has 8 nitrogen and oxygen atoms in total. The van der Waals surface area contributed by atoms with Crippen LogP contribution in [0, 0.1) is 5.92 Å². The van der Waals surface area contributed by atoms with E-state index in [-0.39, 0.29) is 23.5 Å². The van der Waals surface area contributed by atoms with Crippen LogP contribution in [0.25, 0.3) is 11.2 Å². The number of carbonyl (C=O) groups is 1. The molecule has 0 aliphatic rings. The molecule has 0 fully saturated rings. The fourth-order valence-corrected chi connectivity index (χ4v) is 2.17. The SMILES string of the molecule is CC(CC(=O)O)Cc1nc2c([nH]1)c(=O)n(C)c(=O)n2C. The third kappa shape index (κ3) is 2.36. The van der Waals surface area contributed by atoms with Gasteiger partial charge in [0, 0.05) is 26.9 Å². The van der Waals surface area contributed by atoms with Gasteiger partial charge < -0.3 is 10.1 Å². The van der Waals surface area contributed by atoms with Crippen LogP contribution in [0.2, 0.25) is 0 Å². The lowest BCUT2D eigenvalue weighted by atomic mass is 10.0. The summed E-state index contributed by atoms with van der Waals surface area (Å²) in [5.41, 5.74) is -0.338. The molecule has 0 aromatic carbocycles. The van der Waals surface area contributed by atoms with Gasteiger partial charge in [-0.3, -0.25) is 18.7 Å². The van der Waals surface area contributed by atoms with Crippen LogP contribution in [0.4, 0.5) is 0 Å². The third-order valence-electron chi connectivity index (χ3n) is 3.21. The van der Waals surface area contributed by atoms with Crippen molar-refractivity contribution < 1.29 is 9.90 Å². The zero-order chi connectivity index (χ0) is 15.0. The first kappa shape index (κ1) is 14.0. The number of carboxylic acid groups (broad SMARTS) is 1. The Kier molecular flexibility index (Phi) is 3.47. The van der Waals surface area contributed by atoms with E-state index in [1.165, 1.54) is 18.7 Å². The van der Waals surface area contributed by atoms with Gasteiger partial charge in [-0.05, 0) is 5.92 Å². The molecular formula is C12H16N4O4. The van der Waals surface area contributed by atoms with E-state index in [0.717, 1.165) is 4.57 Å².